The summed E-state index contributed by atoms with van der Waals surface area (Å²) in [5, 5.41) is 11.7. The zero-order chi connectivity index (χ0) is 16.1. The Labute approximate surface area is 129 Å². The average Bonchev–Trinajstić information content (AvgIpc) is 2.49. The summed E-state index contributed by atoms with van der Waals surface area (Å²) in [6, 6.07) is 14.3. The molecule has 4 heteroatoms. The van der Waals surface area contributed by atoms with E-state index in [0.717, 1.165) is 5.56 Å². The van der Waals surface area contributed by atoms with Crippen molar-refractivity contribution in [2.45, 2.75) is 20.3 Å². The Morgan fingerprint density at radius 1 is 1.14 bits per heavy atom. The number of nitrogens with one attached hydrogen (secondary N) is 1. The third-order valence-corrected chi connectivity index (χ3v) is 3.49. The van der Waals surface area contributed by atoms with Crippen molar-refractivity contribution in [1.82, 2.24) is 0 Å². The van der Waals surface area contributed by atoms with Crippen LogP contribution in [0.1, 0.15) is 28.4 Å². The molecule has 0 radical (unpaired) electrons. The summed E-state index contributed by atoms with van der Waals surface area (Å²) < 4.78 is 0. The van der Waals surface area contributed by atoms with Crippen molar-refractivity contribution in [2.24, 2.45) is 5.92 Å². The van der Waals surface area contributed by atoms with E-state index in [2.05, 4.69) is 5.32 Å². The van der Waals surface area contributed by atoms with Crippen LogP contribution in [0.3, 0.4) is 0 Å². The van der Waals surface area contributed by atoms with Gasteiger partial charge in [-0.1, -0.05) is 42.8 Å². The maximum Gasteiger partial charge on any atom is 0.335 e. The quantitative estimate of drug-likeness (QED) is 0.887. The second-order valence-electron chi connectivity index (χ2n) is 5.47. The number of rotatable bonds is 5. The fourth-order valence-corrected chi connectivity index (χ4v) is 2.17. The van der Waals surface area contributed by atoms with Gasteiger partial charge in [-0.15, -0.1) is 0 Å². The van der Waals surface area contributed by atoms with Crippen molar-refractivity contribution in [3.63, 3.8) is 0 Å². The lowest BCUT2D eigenvalue weighted by Gasteiger charge is -2.13. The minimum Gasteiger partial charge on any atom is -0.478 e. The highest BCUT2D eigenvalue weighted by Gasteiger charge is 2.14. The predicted octanol–water partition coefficient (Wildman–Crippen LogP) is 3.51. The van der Waals surface area contributed by atoms with E-state index < -0.39 is 5.97 Å². The molecule has 0 saturated heterocycles. The van der Waals surface area contributed by atoms with E-state index in [9.17, 15) is 9.59 Å². The number of benzene rings is 2. The standard InChI is InChI=1S/C18H19NO3/c1-12-6-8-14(9-7-12)10-13(2)17(20)19-16-5-3-4-15(11-16)18(21)22/h3-9,11,13H,10H2,1-2H3,(H,19,20)(H,21,22). The van der Waals surface area contributed by atoms with Crippen LogP contribution in [0, 0.1) is 12.8 Å². The van der Waals surface area contributed by atoms with Crippen molar-refractivity contribution in [3.05, 3.63) is 65.2 Å². The summed E-state index contributed by atoms with van der Waals surface area (Å²) in [6.07, 6.45) is 0.644. The van der Waals surface area contributed by atoms with Crippen LogP contribution >= 0.6 is 0 Å². The van der Waals surface area contributed by atoms with E-state index >= 15 is 0 Å². The molecule has 0 fully saturated rings. The molecule has 0 bridgehead atoms. The first-order chi connectivity index (χ1) is 10.5. The molecule has 1 amide bonds. The summed E-state index contributed by atoms with van der Waals surface area (Å²) in [5.41, 5.74) is 2.95. The van der Waals surface area contributed by atoms with E-state index in [0.29, 0.717) is 12.1 Å². The van der Waals surface area contributed by atoms with Crippen molar-refractivity contribution in [1.29, 1.82) is 0 Å². The lowest BCUT2D eigenvalue weighted by atomic mass is 9.99. The average molecular weight is 297 g/mol. The number of hydrogen-bond donors (Lipinski definition) is 2. The molecule has 1 unspecified atom stereocenters. The molecule has 0 aromatic heterocycles. The van der Waals surface area contributed by atoms with Crippen LogP contribution in [0.25, 0.3) is 0 Å². The number of carbonyl (C=O) groups is 2. The summed E-state index contributed by atoms with van der Waals surface area (Å²) >= 11 is 0. The molecule has 114 valence electrons. The third-order valence-electron chi connectivity index (χ3n) is 3.49. The van der Waals surface area contributed by atoms with Gasteiger partial charge < -0.3 is 10.4 Å². The lowest BCUT2D eigenvalue weighted by Crippen LogP contribution is -2.22. The van der Waals surface area contributed by atoms with E-state index in [4.69, 9.17) is 5.11 Å². The van der Waals surface area contributed by atoms with Crippen LogP contribution in [0.2, 0.25) is 0 Å². The molecule has 0 saturated carbocycles. The highest BCUT2D eigenvalue weighted by atomic mass is 16.4. The van der Waals surface area contributed by atoms with Gasteiger partial charge >= 0.3 is 5.97 Å². The minimum absolute atomic E-state index is 0.122. The first-order valence-electron chi connectivity index (χ1n) is 7.15. The van der Waals surface area contributed by atoms with Crippen LogP contribution in [0.5, 0.6) is 0 Å². The molecule has 22 heavy (non-hydrogen) atoms. The van der Waals surface area contributed by atoms with Gasteiger partial charge in [0.15, 0.2) is 0 Å². The smallest absolute Gasteiger partial charge is 0.335 e. The minimum atomic E-state index is -1.01. The summed E-state index contributed by atoms with van der Waals surface area (Å²) in [4.78, 5) is 23.1. The number of amides is 1. The van der Waals surface area contributed by atoms with E-state index in [1.165, 1.54) is 17.7 Å². The number of aromatic carboxylic acids is 1. The van der Waals surface area contributed by atoms with Gasteiger partial charge in [-0.25, -0.2) is 4.79 Å². The zero-order valence-electron chi connectivity index (χ0n) is 12.7. The fourth-order valence-electron chi connectivity index (χ4n) is 2.17. The first-order valence-corrected chi connectivity index (χ1v) is 7.15. The predicted molar refractivity (Wildman–Crippen MR) is 86.1 cm³/mol. The Balaban J connectivity index is 2.00. The van der Waals surface area contributed by atoms with Gasteiger partial charge in [0, 0.05) is 11.6 Å². The number of anilines is 1. The maximum absolute atomic E-state index is 12.2. The Hall–Kier alpha value is -2.62. The van der Waals surface area contributed by atoms with Crippen LogP contribution in [-0.4, -0.2) is 17.0 Å². The third kappa shape index (κ3) is 4.19. The Bertz CT molecular complexity index is 677. The van der Waals surface area contributed by atoms with Crippen LogP contribution < -0.4 is 5.32 Å². The lowest BCUT2D eigenvalue weighted by molar-refractivity contribution is -0.119. The van der Waals surface area contributed by atoms with E-state index in [1.54, 1.807) is 12.1 Å². The summed E-state index contributed by atoms with van der Waals surface area (Å²) in [5.74, 6) is -1.33. The van der Waals surface area contributed by atoms with Crippen LogP contribution in [0.15, 0.2) is 48.5 Å². The molecule has 2 rings (SSSR count). The Morgan fingerprint density at radius 2 is 1.82 bits per heavy atom. The fraction of sp³-hybridized carbons (Fsp3) is 0.222. The van der Waals surface area contributed by atoms with Gasteiger partial charge in [-0.05, 0) is 37.1 Å². The number of carbonyl (C=O) groups excluding carboxylic acids is 1. The van der Waals surface area contributed by atoms with Crippen molar-refractivity contribution in [2.75, 3.05) is 5.32 Å². The molecule has 0 aliphatic heterocycles. The molecule has 4 nitrogen and oxygen atoms in total. The maximum atomic E-state index is 12.2. The van der Waals surface area contributed by atoms with Crippen LogP contribution in [0.4, 0.5) is 5.69 Å². The van der Waals surface area contributed by atoms with Crippen molar-refractivity contribution in [3.8, 4) is 0 Å². The molecule has 0 heterocycles. The number of aryl methyl sites for hydroxylation is 1. The molecule has 0 aliphatic rings. The number of hydrogen-bond acceptors (Lipinski definition) is 2. The SMILES string of the molecule is Cc1ccc(CC(C)C(=O)Nc2cccc(C(=O)O)c2)cc1. The topological polar surface area (TPSA) is 66.4 Å². The van der Waals surface area contributed by atoms with Gasteiger partial charge in [0.2, 0.25) is 5.91 Å². The zero-order valence-corrected chi connectivity index (χ0v) is 12.7. The molecule has 2 N–H and O–H groups in total. The van der Waals surface area contributed by atoms with Crippen molar-refractivity contribution < 1.29 is 14.7 Å². The molecule has 0 spiro atoms. The second-order valence-corrected chi connectivity index (χ2v) is 5.47. The van der Waals surface area contributed by atoms with Gasteiger partial charge in [0.05, 0.1) is 5.56 Å². The largest absolute Gasteiger partial charge is 0.478 e. The number of carboxylic acid groups (broad SMARTS) is 1. The summed E-state index contributed by atoms with van der Waals surface area (Å²) in [6.45, 7) is 3.88. The molecule has 2 aromatic carbocycles. The second kappa shape index (κ2) is 6.89. The normalized spacial score (nSPS) is 11.7. The Morgan fingerprint density at radius 3 is 2.45 bits per heavy atom. The van der Waals surface area contributed by atoms with Gasteiger partial charge in [-0.3, -0.25) is 4.79 Å². The van der Waals surface area contributed by atoms with E-state index in [-0.39, 0.29) is 17.4 Å². The molecular formula is C18H19NO3. The highest BCUT2D eigenvalue weighted by Crippen LogP contribution is 2.15. The van der Waals surface area contributed by atoms with Gasteiger partial charge in [-0.2, -0.15) is 0 Å². The van der Waals surface area contributed by atoms with Gasteiger partial charge in [0.1, 0.15) is 0 Å². The molecule has 1 atom stereocenters. The monoisotopic (exact) mass is 297 g/mol. The van der Waals surface area contributed by atoms with E-state index in [1.807, 2.05) is 38.1 Å². The summed E-state index contributed by atoms with van der Waals surface area (Å²) in [7, 11) is 0. The van der Waals surface area contributed by atoms with Gasteiger partial charge in [0.25, 0.3) is 0 Å². The van der Waals surface area contributed by atoms with Crippen molar-refractivity contribution >= 4 is 17.6 Å². The van der Waals surface area contributed by atoms with Crippen LogP contribution in [-0.2, 0) is 11.2 Å². The molecular weight excluding hydrogens is 278 g/mol. The molecule has 0 aliphatic carbocycles. The first kappa shape index (κ1) is 15.8. The highest BCUT2D eigenvalue weighted by molar-refractivity contribution is 5.94. The molecule has 2 aromatic rings. The number of carboxylic acids is 1. The Kier molecular flexibility index (Phi) is 4.94.